The molecule has 3 heterocycles. The molecule has 7 N–H and O–H groups in total. The van der Waals surface area contributed by atoms with Gasteiger partial charge in [-0.15, -0.1) is 0 Å². The van der Waals surface area contributed by atoms with E-state index in [0.717, 1.165) is 17.5 Å². The summed E-state index contributed by atoms with van der Waals surface area (Å²) < 4.78 is 11.7. The van der Waals surface area contributed by atoms with Crippen LogP contribution in [0.4, 0.5) is 5.82 Å². The first-order chi connectivity index (χ1) is 15.1. The second-order valence-corrected chi connectivity index (χ2v) is 6.88. The van der Waals surface area contributed by atoms with Crippen LogP contribution in [0.15, 0.2) is 29.2 Å². The minimum absolute atomic E-state index is 0.0406. The number of nitrogens with two attached hydrogens (primary N) is 1. The number of nitrogens with zero attached hydrogens (tertiary/aromatic N) is 2. The van der Waals surface area contributed by atoms with E-state index in [-0.39, 0.29) is 18.5 Å². The summed E-state index contributed by atoms with van der Waals surface area (Å²) in [7, 11) is 0. The summed E-state index contributed by atoms with van der Waals surface area (Å²) in [6, 6.07) is 1.02. The molecule has 2 aliphatic rings. The summed E-state index contributed by atoms with van der Waals surface area (Å²) in [5.74, 6) is -2.90. The van der Waals surface area contributed by atoms with Crippen LogP contribution in [0.1, 0.15) is 19.1 Å². The van der Waals surface area contributed by atoms with Gasteiger partial charge in [-0.05, 0) is 25.5 Å². The van der Waals surface area contributed by atoms with E-state index >= 15 is 0 Å². The predicted molar refractivity (Wildman–Crippen MR) is 105 cm³/mol. The summed E-state index contributed by atoms with van der Waals surface area (Å²) in [6.07, 6.45) is -0.702. The van der Waals surface area contributed by atoms with Crippen LogP contribution in [0.25, 0.3) is 0 Å². The number of nitrogens with one attached hydrogen (secondary N) is 1. The highest BCUT2D eigenvalue weighted by molar-refractivity contribution is 5.89. The highest BCUT2D eigenvalue weighted by atomic mass is 16.6. The average molecular weight is 456 g/mol. The predicted octanol–water partition coefficient (Wildman–Crippen LogP) is -2.55. The van der Waals surface area contributed by atoms with Gasteiger partial charge < -0.3 is 41.0 Å². The van der Waals surface area contributed by atoms with Crippen LogP contribution in [0.2, 0.25) is 0 Å². The highest BCUT2D eigenvalue weighted by Gasteiger charge is 2.45. The fraction of sp³-hybridized carbons (Fsp3) is 0.500. The van der Waals surface area contributed by atoms with Gasteiger partial charge >= 0.3 is 23.6 Å². The molecular weight excluding hydrogens is 432 g/mol. The van der Waals surface area contributed by atoms with Crippen LogP contribution in [-0.2, 0) is 23.9 Å². The highest BCUT2D eigenvalue weighted by Crippen LogP contribution is 2.28. The number of carboxylic acid groups (broad SMARTS) is 2. The molecule has 14 heteroatoms. The molecule has 0 radical (unpaired) electrons. The third-order valence-electron chi connectivity index (χ3n) is 4.57. The van der Waals surface area contributed by atoms with Gasteiger partial charge in [0.15, 0.2) is 6.23 Å². The number of rotatable bonds is 6. The number of esters is 1. The zero-order chi connectivity index (χ0) is 23.8. The van der Waals surface area contributed by atoms with Crippen molar-refractivity contribution in [2.75, 3.05) is 18.9 Å². The first kappa shape index (κ1) is 24.9. The summed E-state index contributed by atoms with van der Waals surface area (Å²) in [5, 5.41) is 38.8. The molecule has 0 aromatic carbocycles. The van der Waals surface area contributed by atoms with E-state index in [9.17, 15) is 29.4 Å². The fourth-order valence-electron chi connectivity index (χ4n) is 3.01. The number of aromatic nitrogens is 2. The Hall–Kier alpha value is -3.33. The van der Waals surface area contributed by atoms with Gasteiger partial charge in [0, 0.05) is 18.3 Å². The van der Waals surface area contributed by atoms with Gasteiger partial charge in [0.25, 0.3) is 0 Å². The Kier molecular flexibility index (Phi) is 8.83. The Morgan fingerprint density at radius 1 is 1.25 bits per heavy atom. The number of carbonyl (C=O) groups is 3. The number of hydrogen-bond donors (Lipinski definition) is 6. The molecule has 14 nitrogen and oxygen atoms in total. The lowest BCUT2D eigenvalue weighted by molar-refractivity contribution is -0.152. The molecule has 1 aromatic heterocycles. The zero-order valence-electron chi connectivity index (χ0n) is 16.7. The topological polar surface area (TPSA) is 224 Å². The molecule has 2 fully saturated rings. The molecule has 1 aromatic rings. The first-order valence-electron chi connectivity index (χ1n) is 9.50. The molecule has 0 amide bonds. The molecule has 0 spiro atoms. The molecule has 5 atom stereocenters. The summed E-state index contributed by atoms with van der Waals surface area (Å²) >= 11 is 0. The molecular formula is C18H24N4O10. The Morgan fingerprint density at radius 3 is 2.44 bits per heavy atom. The quantitative estimate of drug-likeness (QED) is 0.192. The van der Waals surface area contributed by atoms with Gasteiger partial charge in [0.1, 0.15) is 36.8 Å². The van der Waals surface area contributed by atoms with Crippen molar-refractivity contribution in [1.29, 1.82) is 0 Å². The van der Waals surface area contributed by atoms with Crippen molar-refractivity contribution in [1.82, 2.24) is 14.9 Å². The molecule has 1 unspecified atom stereocenters. The smallest absolute Gasteiger partial charge is 0.351 e. The SMILES string of the molecule is Nc1ccn([C@@H]2O[C@H](COC(=O)C3CCCN3)[C@@H](O)[C@@H]2O)c(=O)n1.O=C(O)/C=C\C(=O)O. The maximum Gasteiger partial charge on any atom is 0.351 e. The molecule has 0 bridgehead atoms. The molecule has 0 saturated carbocycles. The maximum absolute atomic E-state index is 11.9. The summed E-state index contributed by atoms with van der Waals surface area (Å²) in [6.45, 7) is 0.541. The number of carbonyl (C=O) groups excluding carboxylic acids is 1. The van der Waals surface area contributed by atoms with Gasteiger partial charge in [0.2, 0.25) is 0 Å². The van der Waals surface area contributed by atoms with Gasteiger partial charge in [-0.25, -0.2) is 14.4 Å². The van der Waals surface area contributed by atoms with Crippen molar-refractivity contribution >= 4 is 23.7 Å². The number of anilines is 1. The number of aliphatic hydroxyl groups excluding tert-OH is 2. The lowest BCUT2D eigenvalue weighted by Gasteiger charge is -2.17. The van der Waals surface area contributed by atoms with Gasteiger partial charge in [0.05, 0.1) is 0 Å². The van der Waals surface area contributed by atoms with E-state index in [0.29, 0.717) is 18.6 Å². The van der Waals surface area contributed by atoms with Crippen LogP contribution in [-0.4, -0.2) is 85.4 Å². The van der Waals surface area contributed by atoms with Crippen molar-refractivity contribution < 1.29 is 44.3 Å². The summed E-state index contributed by atoms with van der Waals surface area (Å²) in [4.78, 5) is 46.4. The Bertz CT molecular complexity index is 895. The number of carboxylic acids is 2. The lowest BCUT2D eigenvalue weighted by Crippen LogP contribution is -2.38. The standard InChI is InChI=1S/C14H20N4O6.C4H4O4/c15-9-3-5-18(14(22)17-9)12-11(20)10(19)8(24-12)6-23-13(21)7-2-1-4-16-7;5-3(6)1-2-4(7)8/h3,5,7-8,10-12,16,19-20H,1-2,4,6H2,(H2,15,17,22);1-2H,(H,5,6)(H,7,8)/b;2-1-/t7?,8-,10-,11+,12-;/m1./s1. The van der Waals surface area contributed by atoms with Crippen molar-refractivity contribution in [3.05, 3.63) is 34.9 Å². The van der Waals surface area contributed by atoms with Crippen LogP contribution < -0.4 is 16.7 Å². The summed E-state index contributed by atoms with van der Waals surface area (Å²) in [5.41, 5.74) is 4.71. The Balaban J connectivity index is 0.000000390. The van der Waals surface area contributed by atoms with Gasteiger partial charge in [-0.1, -0.05) is 0 Å². The number of hydrogen-bond acceptors (Lipinski definition) is 11. The van der Waals surface area contributed by atoms with Crippen LogP contribution >= 0.6 is 0 Å². The third kappa shape index (κ3) is 6.84. The van der Waals surface area contributed by atoms with Crippen molar-refractivity contribution in [2.45, 2.75) is 43.4 Å². The minimum Gasteiger partial charge on any atom is -0.478 e. The van der Waals surface area contributed by atoms with E-state index in [1.807, 2.05) is 0 Å². The molecule has 2 saturated heterocycles. The number of nitrogen functional groups attached to an aromatic ring is 1. The minimum atomic E-state index is -1.36. The fourth-order valence-corrected chi connectivity index (χ4v) is 3.01. The molecule has 32 heavy (non-hydrogen) atoms. The monoisotopic (exact) mass is 456 g/mol. The van der Waals surface area contributed by atoms with Crippen molar-refractivity contribution in [2.24, 2.45) is 0 Å². The number of aliphatic hydroxyl groups is 2. The van der Waals surface area contributed by atoms with Crippen molar-refractivity contribution in [3.63, 3.8) is 0 Å². The van der Waals surface area contributed by atoms with Crippen LogP contribution in [0.5, 0.6) is 0 Å². The molecule has 0 aliphatic carbocycles. The number of aliphatic carboxylic acids is 2. The van der Waals surface area contributed by atoms with Gasteiger partial charge in [-0.3, -0.25) is 9.36 Å². The van der Waals surface area contributed by atoms with Crippen LogP contribution in [0, 0.1) is 0 Å². The number of ether oxygens (including phenoxy) is 2. The van der Waals surface area contributed by atoms with E-state index in [1.54, 1.807) is 0 Å². The molecule has 2 aliphatic heterocycles. The van der Waals surface area contributed by atoms with E-state index in [2.05, 4.69) is 10.3 Å². The second kappa shape index (κ2) is 11.3. The normalized spacial score (nSPS) is 27.0. The first-order valence-corrected chi connectivity index (χ1v) is 9.50. The molecule has 3 rings (SSSR count). The maximum atomic E-state index is 11.9. The van der Waals surface area contributed by atoms with E-state index < -0.39 is 48.1 Å². The lowest BCUT2D eigenvalue weighted by atomic mass is 10.1. The third-order valence-corrected chi connectivity index (χ3v) is 4.57. The Labute approximate surface area is 180 Å². The largest absolute Gasteiger partial charge is 0.478 e. The van der Waals surface area contributed by atoms with E-state index in [4.69, 9.17) is 25.4 Å². The van der Waals surface area contributed by atoms with Crippen molar-refractivity contribution in [3.8, 4) is 0 Å². The Morgan fingerprint density at radius 2 is 1.91 bits per heavy atom. The molecule has 176 valence electrons. The van der Waals surface area contributed by atoms with Gasteiger partial charge in [-0.2, -0.15) is 4.98 Å². The second-order valence-electron chi connectivity index (χ2n) is 6.88. The van der Waals surface area contributed by atoms with E-state index in [1.165, 1.54) is 12.3 Å². The zero-order valence-corrected chi connectivity index (χ0v) is 16.7. The average Bonchev–Trinajstić information content (AvgIpc) is 3.36. The van der Waals surface area contributed by atoms with Crippen LogP contribution in [0.3, 0.4) is 0 Å².